The van der Waals surface area contributed by atoms with Crippen LogP contribution in [-0.4, -0.2) is 14.9 Å². The van der Waals surface area contributed by atoms with E-state index in [1.165, 1.54) is 48.8 Å². The van der Waals surface area contributed by atoms with Crippen molar-refractivity contribution in [1.29, 1.82) is 0 Å². The van der Waals surface area contributed by atoms with E-state index in [4.69, 9.17) is 23.2 Å². The molecule has 156 valence electrons. The average Bonchev–Trinajstić information content (AvgIpc) is 2.73. The second kappa shape index (κ2) is 8.29. The Labute approximate surface area is 183 Å². The first kappa shape index (κ1) is 20.7. The molecular formula is C20H11Cl2F2N5O2. The van der Waals surface area contributed by atoms with Crippen molar-refractivity contribution in [2.45, 2.75) is 0 Å². The highest BCUT2D eigenvalue weighted by Crippen LogP contribution is 2.35. The summed E-state index contributed by atoms with van der Waals surface area (Å²) in [5.41, 5.74) is 1.07. The van der Waals surface area contributed by atoms with Crippen LogP contribution in [0.15, 0.2) is 54.9 Å². The maximum absolute atomic E-state index is 13.4. The van der Waals surface area contributed by atoms with Gasteiger partial charge in [-0.2, -0.15) is 0 Å². The Morgan fingerprint density at radius 1 is 0.871 bits per heavy atom. The fraction of sp³-hybridized carbons (Fsp3) is 0. The number of nitro groups is 1. The van der Waals surface area contributed by atoms with Crippen LogP contribution in [0, 0.1) is 21.7 Å². The van der Waals surface area contributed by atoms with Crippen LogP contribution < -0.4 is 10.6 Å². The number of nitro benzene ring substituents is 1. The number of hydrogen-bond donors (Lipinski definition) is 2. The number of aromatic nitrogens is 2. The van der Waals surface area contributed by atoms with Crippen molar-refractivity contribution in [3.63, 3.8) is 0 Å². The minimum absolute atomic E-state index is 0.0845. The largest absolute Gasteiger partial charge is 0.350 e. The number of nitrogens with zero attached hydrogens (tertiary/aromatic N) is 3. The van der Waals surface area contributed by atoms with Crippen molar-refractivity contribution in [2.75, 3.05) is 10.6 Å². The molecule has 4 rings (SSSR count). The highest BCUT2D eigenvalue weighted by molar-refractivity contribution is 6.31. The van der Waals surface area contributed by atoms with Gasteiger partial charge in [-0.1, -0.05) is 23.2 Å². The number of fused-ring (bicyclic) bond motifs is 1. The van der Waals surface area contributed by atoms with Gasteiger partial charge >= 0.3 is 0 Å². The second-order valence-corrected chi connectivity index (χ2v) is 7.19. The highest BCUT2D eigenvalue weighted by Gasteiger charge is 2.19. The van der Waals surface area contributed by atoms with Crippen LogP contribution in [0.3, 0.4) is 0 Å². The molecule has 0 saturated carbocycles. The van der Waals surface area contributed by atoms with Gasteiger partial charge in [-0.05, 0) is 42.5 Å². The zero-order valence-corrected chi connectivity index (χ0v) is 16.9. The third kappa shape index (κ3) is 4.32. The van der Waals surface area contributed by atoms with Gasteiger partial charge in [0.15, 0.2) is 0 Å². The third-order valence-corrected chi connectivity index (χ3v) is 4.91. The molecule has 1 aromatic heterocycles. The maximum Gasteiger partial charge on any atom is 0.293 e. The molecule has 31 heavy (non-hydrogen) atoms. The minimum atomic E-state index is -0.607. The summed E-state index contributed by atoms with van der Waals surface area (Å²) in [5, 5.41) is 17.7. The van der Waals surface area contributed by atoms with Gasteiger partial charge in [-0.25, -0.2) is 18.7 Å². The van der Waals surface area contributed by atoms with E-state index in [9.17, 15) is 18.9 Å². The fourth-order valence-corrected chi connectivity index (χ4v) is 3.24. The van der Waals surface area contributed by atoms with Crippen molar-refractivity contribution in [3.05, 3.63) is 86.7 Å². The Morgan fingerprint density at radius 3 is 2.06 bits per heavy atom. The lowest BCUT2D eigenvalue weighted by Crippen LogP contribution is -2.01. The summed E-state index contributed by atoms with van der Waals surface area (Å²) >= 11 is 11.6. The van der Waals surface area contributed by atoms with Gasteiger partial charge in [-0.3, -0.25) is 10.1 Å². The Bertz CT molecular complexity index is 1340. The van der Waals surface area contributed by atoms with Crippen molar-refractivity contribution in [1.82, 2.24) is 9.97 Å². The summed E-state index contributed by atoms with van der Waals surface area (Å²) in [7, 11) is 0. The molecule has 0 aliphatic carbocycles. The van der Waals surface area contributed by atoms with E-state index >= 15 is 0 Å². The maximum atomic E-state index is 13.4. The molecule has 3 aromatic carbocycles. The zero-order valence-electron chi connectivity index (χ0n) is 15.4. The number of hydrogen-bond acceptors (Lipinski definition) is 6. The summed E-state index contributed by atoms with van der Waals surface area (Å²) in [4.78, 5) is 19.4. The summed E-state index contributed by atoms with van der Waals surface area (Å²) in [6, 6.07) is 10.6. The molecule has 0 radical (unpaired) electrons. The molecule has 0 fully saturated rings. The first-order valence-corrected chi connectivity index (χ1v) is 9.44. The summed E-state index contributed by atoms with van der Waals surface area (Å²) in [6.07, 6.45) is 1.28. The summed E-state index contributed by atoms with van der Waals surface area (Å²) in [5.74, 6) is -0.913. The van der Waals surface area contributed by atoms with Crippen molar-refractivity contribution < 1.29 is 13.7 Å². The molecule has 0 unspecified atom stereocenters. The van der Waals surface area contributed by atoms with Crippen LogP contribution in [0.25, 0.3) is 10.9 Å². The first-order chi connectivity index (χ1) is 14.8. The Kier molecular flexibility index (Phi) is 5.53. The van der Waals surface area contributed by atoms with E-state index in [2.05, 4.69) is 20.6 Å². The monoisotopic (exact) mass is 461 g/mol. The number of anilines is 4. The van der Waals surface area contributed by atoms with Crippen LogP contribution in [0.2, 0.25) is 10.0 Å². The second-order valence-electron chi connectivity index (χ2n) is 6.37. The standard InChI is InChI=1S/C20H11Cl2F2N5O2/c21-13-5-10(1-3-15(13)23)27-18-8-17-12(7-19(18)29(30)31)20(26-9-25-17)28-11-2-4-16(24)14(22)6-11/h1-9,27H,(H,25,26,28). The zero-order chi connectivity index (χ0) is 22.1. The molecule has 0 saturated heterocycles. The summed E-state index contributed by atoms with van der Waals surface area (Å²) in [6.45, 7) is 0. The van der Waals surface area contributed by atoms with Crippen molar-refractivity contribution in [2.24, 2.45) is 0 Å². The Morgan fingerprint density at radius 2 is 1.48 bits per heavy atom. The summed E-state index contributed by atoms with van der Waals surface area (Å²) < 4.78 is 26.8. The number of nitrogens with one attached hydrogen (secondary N) is 2. The highest BCUT2D eigenvalue weighted by atomic mass is 35.5. The van der Waals surface area contributed by atoms with Crippen molar-refractivity contribution >= 4 is 62.7 Å². The lowest BCUT2D eigenvalue weighted by molar-refractivity contribution is -0.383. The lowest BCUT2D eigenvalue weighted by atomic mass is 10.1. The van der Waals surface area contributed by atoms with Gasteiger partial charge in [0.2, 0.25) is 0 Å². The van der Waals surface area contributed by atoms with Gasteiger partial charge in [0.1, 0.15) is 29.5 Å². The van der Waals surface area contributed by atoms with Gasteiger partial charge in [0.25, 0.3) is 5.69 Å². The molecule has 11 heteroatoms. The average molecular weight is 462 g/mol. The van der Waals surface area contributed by atoms with Gasteiger partial charge in [0.05, 0.1) is 20.5 Å². The molecule has 2 N–H and O–H groups in total. The van der Waals surface area contributed by atoms with Crippen LogP contribution in [-0.2, 0) is 0 Å². The van der Waals surface area contributed by atoms with Crippen LogP contribution in [0.4, 0.5) is 37.3 Å². The van der Waals surface area contributed by atoms with Crippen LogP contribution in [0.5, 0.6) is 0 Å². The molecule has 7 nitrogen and oxygen atoms in total. The van der Waals surface area contributed by atoms with Gasteiger partial charge in [0, 0.05) is 22.8 Å². The van der Waals surface area contributed by atoms with E-state index < -0.39 is 16.6 Å². The molecule has 0 amide bonds. The Balaban J connectivity index is 1.77. The molecule has 0 spiro atoms. The predicted molar refractivity (Wildman–Crippen MR) is 116 cm³/mol. The topological polar surface area (TPSA) is 93.0 Å². The first-order valence-electron chi connectivity index (χ1n) is 8.69. The van der Waals surface area contributed by atoms with Crippen molar-refractivity contribution in [3.8, 4) is 0 Å². The molecule has 1 heterocycles. The van der Waals surface area contributed by atoms with E-state index in [0.29, 0.717) is 22.3 Å². The van der Waals surface area contributed by atoms with E-state index in [0.717, 1.165) is 6.07 Å². The van der Waals surface area contributed by atoms with Gasteiger partial charge in [-0.15, -0.1) is 0 Å². The number of rotatable bonds is 5. The van der Waals surface area contributed by atoms with E-state index in [1.54, 1.807) is 0 Å². The molecule has 0 bridgehead atoms. The SMILES string of the molecule is O=[N+]([O-])c1cc2c(Nc3ccc(F)c(Cl)c3)ncnc2cc1Nc1ccc(F)c(Cl)c1. The quantitative estimate of drug-likeness (QED) is 0.256. The smallest absolute Gasteiger partial charge is 0.293 e. The van der Waals surface area contributed by atoms with Gasteiger partial charge < -0.3 is 10.6 Å². The predicted octanol–water partition coefficient (Wildman–Crippen LogP) is 6.61. The minimum Gasteiger partial charge on any atom is -0.350 e. The molecule has 4 aromatic rings. The van der Waals surface area contributed by atoms with E-state index in [-0.39, 0.29) is 27.2 Å². The number of benzene rings is 3. The van der Waals surface area contributed by atoms with E-state index in [1.807, 2.05) is 0 Å². The molecule has 0 aliphatic rings. The Hall–Kier alpha value is -3.56. The normalized spacial score (nSPS) is 10.8. The number of halogens is 4. The molecular weight excluding hydrogens is 451 g/mol. The molecule has 0 aliphatic heterocycles. The fourth-order valence-electron chi connectivity index (χ4n) is 2.88. The molecule has 0 atom stereocenters. The van der Waals surface area contributed by atoms with Crippen LogP contribution >= 0.6 is 23.2 Å². The third-order valence-electron chi connectivity index (χ3n) is 4.33. The lowest BCUT2D eigenvalue weighted by Gasteiger charge is -2.12. The van der Waals surface area contributed by atoms with Crippen LogP contribution in [0.1, 0.15) is 0 Å².